The van der Waals surface area contributed by atoms with Gasteiger partial charge in [-0.25, -0.2) is 14.8 Å². The summed E-state index contributed by atoms with van der Waals surface area (Å²) in [6.07, 6.45) is 5.01. The number of aromatic nitrogens is 4. The molecule has 4 aromatic rings. The fourth-order valence-electron chi connectivity index (χ4n) is 2.98. The lowest BCUT2D eigenvalue weighted by atomic mass is 10.1. The van der Waals surface area contributed by atoms with E-state index in [4.69, 9.17) is 16.3 Å². The number of halogens is 1. The van der Waals surface area contributed by atoms with Crippen molar-refractivity contribution in [2.24, 2.45) is 0 Å². The topological polar surface area (TPSA) is 90.1 Å². The average Bonchev–Trinajstić information content (AvgIpc) is 3.10. The van der Waals surface area contributed by atoms with Gasteiger partial charge in [0, 0.05) is 33.9 Å². The van der Waals surface area contributed by atoms with Crippen LogP contribution in [0.15, 0.2) is 55.0 Å². The van der Waals surface area contributed by atoms with Gasteiger partial charge in [-0.2, -0.15) is 5.10 Å². The minimum atomic E-state index is -1.06. The number of benzene rings is 2. The molecule has 7 nitrogen and oxygen atoms in total. The zero-order valence-electron chi connectivity index (χ0n) is 14.8. The van der Waals surface area contributed by atoms with Crippen molar-refractivity contribution in [3.63, 3.8) is 0 Å². The van der Waals surface area contributed by atoms with Crippen LogP contribution in [0.5, 0.6) is 5.75 Å². The summed E-state index contributed by atoms with van der Waals surface area (Å²) in [5.41, 5.74) is 2.29. The quantitative estimate of drug-likeness (QED) is 0.552. The van der Waals surface area contributed by atoms with Crippen LogP contribution in [0.25, 0.3) is 22.3 Å². The molecule has 0 atom stereocenters. The molecular weight excluding hydrogens is 380 g/mol. The van der Waals surface area contributed by atoms with Crippen molar-refractivity contribution in [3.05, 3.63) is 71.1 Å². The Morgan fingerprint density at radius 1 is 1.14 bits per heavy atom. The summed E-state index contributed by atoms with van der Waals surface area (Å²) in [5, 5.41) is 14.8. The highest BCUT2D eigenvalue weighted by Gasteiger charge is 2.15. The summed E-state index contributed by atoms with van der Waals surface area (Å²) in [7, 11) is 1.61. The van der Waals surface area contributed by atoms with Gasteiger partial charge in [-0.1, -0.05) is 11.6 Å². The zero-order chi connectivity index (χ0) is 19.7. The van der Waals surface area contributed by atoms with Crippen LogP contribution in [0.4, 0.5) is 0 Å². The smallest absolute Gasteiger partial charge is 0.337 e. The standard InChI is InChI=1S/C20H15ClN4O3/c1-28-16-4-2-13(3-5-16)19-22-8-12(9-23-19)11-25-18-14(10-24-25)6-15(21)7-17(18)20(26)27/h2-10H,11H2,1H3,(H,26,27). The average molecular weight is 395 g/mol. The SMILES string of the molecule is COc1ccc(-c2ncc(Cn3ncc4cc(Cl)cc(C(=O)O)c43)cn2)cc1. The van der Waals surface area contributed by atoms with Crippen molar-refractivity contribution >= 4 is 28.5 Å². The van der Waals surface area contributed by atoms with Crippen molar-refractivity contribution in [3.8, 4) is 17.1 Å². The molecule has 140 valence electrons. The predicted molar refractivity (Wildman–Crippen MR) is 105 cm³/mol. The van der Waals surface area contributed by atoms with Crippen molar-refractivity contribution < 1.29 is 14.6 Å². The molecule has 0 aliphatic heterocycles. The van der Waals surface area contributed by atoms with Crippen LogP contribution in [0.3, 0.4) is 0 Å². The van der Waals surface area contributed by atoms with Crippen molar-refractivity contribution in [1.29, 1.82) is 0 Å². The second-order valence-electron chi connectivity index (χ2n) is 6.14. The van der Waals surface area contributed by atoms with E-state index < -0.39 is 5.97 Å². The highest BCUT2D eigenvalue weighted by Crippen LogP contribution is 2.25. The number of carboxylic acids is 1. The number of methoxy groups -OCH3 is 1. The van der Waals surface area contributed by atoms with E-state index in [9.17, 15) is 9.90 Å². The van der Waals surface area contributed by atoms with E-state index >= 15 is 0 Å². The maximum atomic E-state index is 11.6. The van der Waals surface area contributed by atoms with Crippen LogP contribution in [0, 0.1) is 0 Å². The Morgan fingerprint density at radius 2 is 1.86 bits per heavy atom. The van der Waals surface area contributed by atoms with Gasteiger partial charge in [0.05, 0.1) is 30.9 Å². The molecular formula is C20H15ClN4O3. The number of hydrogen-bond acceptors (Lipinski definition) is 5. The lowest BCUT2D eigenvalue weighted by molar-refractivity contribution is 0.0698. The summed E-state index contributed by atoms with van der Waals surface area (Å²) < 4.78 is 6.76. The van der Waals surface area contributed by atoms with E-state index in [1.165, 1.54) is 6.07 Å². The minimum absolute atomic E-state index is 0.107. The molecule has 0 amide bonds. The Balaban J connectivity index is 1.63. The van der Waals surface area contributed by atoms with E-state index in [0.717, 1.165) is 16.9 Å². The molecule has 0 bridgehead atoms. The fourth-order valence-corrected chi connectivity index (χ4v) is 3.20. The Labute approximate surface area is 165 Å². The third-order valence-corrected chi connectivity index (χ3v) is 4.53. The van der Waals surface area contributed by atoms with Gasteiger partial charge >= 0.3 is 5.97 Å². The first-order valence-corrected chi connectivity index (χ1v) is 8.76. The van der Waals surface area contributed by atoms with E-state index in [1.807, 2.05) is 24.3 Å². The van der Waals surface area contributed by atoms with E-state index in [0.29, 0.717) is 28.3 Å². The van der Waals surface area contributed by atoms with Crippen LogP contribution in [-0.4, -0.2) is 37.9 Å². The molecule has 0 unspecified atom stereocenters. The van der Waals surface area contributed by atoms with Gasteiger partial charge in [0.25, 0.3) is 0 Å². The Hall–Kier alpha value is -3.45. The first-order chi connectivity index (χ1) is 13.5. The minimum Gasteiger partial charge on any atom is -0.497 e. The van der Waals surface area contributed by atoms with Gasteiger partial charge < -0.3 is 9.84 Å². The summed E-state index contributed by atoms with van der Waals surface area (Å²) >= 11 is 6.00. The summed E-state index contributed by atoms with van der Waals surface area (Å²) in [6.45, 7) is 0.342. The molecule has 0 spiro atoms. The van der Waals surface area contributed by atoms with Crippen LogP contribution in [-0.2, 0) is 6.54 Å². The molecule has 2 aromatic carbocycles. The summed E-state index contributed by atoms with van der Waals surface area (Å²) in [6, 6.07) is 10.6. The molecule has 0 saturated carbocycles. The molecule has 8 heteroatoms. The zero-order valence-corrected chi connectivity index (χ0v) is 15.6. The number of carboxylic acid groups (broad SMARTS) is 1. The van der Waals surface area contributed by atoms with Crippen molar-refractivity contribution in [2.45, 2.75) is 6.54 Å². The lowest BCUT2D eigenvalue weighted by Crippen LogP contribution is -2.07. The molecule has 2 aromatic heterocycles. The Morgan fingerprint density at radius 3 is 2.50 bits per heavy atom. The van der Waals surface area contributed by atoms with Crippen LogP contribution >= 0.6 is 11.6 Å². The molecule has 1 N–H and O–H groups in total. The van der Waals surface area contributed by atoms with Gasteiger partial charge in [-0.3, -0.25) is 4.68 Å². The first kappa shape index (κ1) is 17.9. The summed E-state index contributed by atoms with van der Waals surface area (Å²) in [5.74, 6) is 0.301. The van der Waals surface area contributed by atoms with E-state index in [1.54, 1.807) is 36.4 Å². The summed E-state index contributed by atoms with van der Waals surface area (Å²) in [4.78, 5) is 20.4. The van der Waals surface area contributed by atoms with Gasteiger partial charge in [-0.05, 0) is 36.4 Å². The highest BCUT2D eigenvalue weighted by molar-refractivity contribution is 6.32. The Kier molecular flexibility index (Phi) is 4.67. The molecule has 28 heavy (non-hydrogen) atoms. The van der Waals surface area contributed by atoms with Gasteiger partial charge in [0.2, 0.25) is 0 Å². The van der Waals surface area contributed by atoms with Gasteiger partial charge in [-0.15, -0.1) is 0 Å². The third kappa shape index (κ3) is 3.39. The third-order valence-electron chi connectivity index (χ3n) is 4.31. The van der Waals surface area contributed by atoms with Gasteiger partial charge in [0.15, 0.2) is 5.82 Å². The predicted octanol–water partition coefficient (Wildman–Crippen LogP) is 3.90. The molecule has 0 aliphatic carbocycles. The second kappa shape index (κ2) is 7.28. The van der Waals surface area contributed by atoms with Crippen molar-refractivity contribution in [1.82, 2.24) is 19.7 Å². The van der Waals surface area contributed by atoms with Crippen molar-refractivity contribution in [2.75, 3.05) is 7.11 Å². The maximum absolute atomic E-state index is 11.6. The van der Waals surface area contributed by atoms with E-state index in [2.05, 4.69) is 15.1 Å². The number of carbonyl (C=O) groups is 1. The second-order valence-corrected chi connectivity index (χ2v) is 6.58. The van der Waals surface area contributed by atoms with Gasteiger partial charge in [0.1, 0.15) is 5.75 Å². The Bertz CT molecular complexity index is 1150. The molecule has 4 rings (SSSR count). The number of aromatic carboxylic acids is 1. The molecule has 0 aliphatic rings. The molecule has 0 radical (unpaired) electrons. The largest absolute Gasteiger partial charge is 0.497 e. The van der Waals surface area contributed by atoms with E-state index in [-0.39, 0.29) is 5.56 Å². The number of rotatable bonds is 5. The monoisotopic (exact) mass is 394 g/mol. The fraction of sp³-hybridized carbons (Fsp3) is 0.100. The lowest BCUT2D eigenvalue weighted by Gasteiger charge is -2.07. The van der Waals surface area contributed by atoms with Crippen LogP contribution < -0.4 is 4.74 Å². The number of nitrogens with zero attached hydrogens (tertiary/aromatic N) is 4. The molecule has 0 fully saturated rings. The first-order valence-electron chi connectivity index (χ1n) is 8.39. The molecule has 2 heterocycles. The number of fused-ring (bicyclic) bond motifs is 1. The number of ether oxygens (including phenoxy) is 1. The normalized spacial score (nSPS) is 10.9. The highest BCUT2D eigenvalue weighted by atomic mass is 35.5. The van der Waals surface area contributed by atoms with Crippen LogP contribution in [0.2, 0.25) is 5.02 Å². The molecule has 0 saturated heterocycles. The van der Waals surface area contributed by atoms with Crippen LogP contribution in [0.1, 0.15) is 15.9 Å². The maximum Gasteiger partial charge on any atom is 0.337 e. The number of hydrogen-bond donors (Lipinski definition) is 1.